The van der Waals surface area contributed by atoms with Gasteiger partial charge in [0.15, 0.2) is 0 Å². The second-order valence-corrected chi connectivity index (χ2v) is 15.6. The molecule has 2 amide bonds. The predicted molar refractivity (Wildman–Crippen MR) is 166 cm³/mol. The number of amides is 2. The molecule has 0 aromatic heterocycles. The number of urea groups is 1. The van der Waals surface area contributed by atoms with Crippen LogP contribution in [0.2, 0.25) is 0 Å². The molecule has 4 bridgehead atoms. The van der Waals surface area contributed by atoms with Crippen LogP contribution in [0.3, 0.4) is 0 Å². The van der Waals surface area contributed by atoms with Crippen molar-refractivity contribution < 1.29 is 18.3 Å². The number of nitrogens with zero attached hydrogens (tertiary/aromatic N) is 4. The minimum Gasteiger partial charge on any atom is -0.390 e. The van der Waals surface area contributed by atoms with E-state index in [1.165, 1.54) is 6.26 Å². The third kappa shape index (κ3) is 4.85. The summed E-state index contributed by atoms with van der Waals surface area (Å²) in [6, 6.07) is 16.5. The van der Waals surface area contributed by atoms with Gasteiger partial charge in [0.2, 0.25) is 10.0 Å². The molecule has 10 heteroatoms. The standard InChI is InChI=1S/C32H43N5O4S/c1-21-19-34(20-22(2)37(21)42(3,40)41)26-8-10-27(11-9-26)35-12-13-36(29-7-5-4-6-28(29)35)31(38)33-30-24-14-23-15-25(30)18-32(39,16-23)17-24/h4-11,21-25,30,39H,12-20H2,1-3H3,(H,33,38)/t21-,22+,23?,24-,25+,30?,32?. The second-order valence-electron chi connectivity index (χ2n) is 13.7. The number of hydrogen-bond donors (Lipinski definition) is 2. The average Bonchev–Trinajstić information content (AvgIpc) is 2.92. The quantitative estimate of drug-likeness (QED) is 0.553. The molecule has 2 heterocycles. The highest BCUT2D eigenvalue weighted by molar-refractivity contribution is 7.88. The van der Waals surface area contributed by atoms with Gasteiger partial charge in [0.1, 0.15) is 0 Å². The lowest BCUT2D eigenvalue weighted by Gasteiger charge is -2.58. The zero-order chi connectivity index (χ0) is 29.4. The summed E-state index contributed by atoms with van der Waals surface area (Å²) in [6.07, 6.45) is 6.10. The summed E-state index contributed by atoms with van der Waals surface area (Å²) in [5, 5.41) is 14.4. The molecule has 4 aliphatic carbocycles. The van der Waals surface area contributed by atoms with Crippen LogP contribution in [0, 0.1) is 17.8 Å². The SMILES string of the molecule is C[C@@H]1CN(c2ccc(N3CCN(C(=O)NC4[C@@H]5CC6C[C@H]4CC(O)(C6)C5)c4ccccc43)cc2)C[C@H](C)N1S(C)(=O)=O. The molecule has 6 aliphatic rings. The molecule has 2 aliphatic heterocycles. The van der Waals surface area contributed by atoms with Crippen molar-refractivity contribution in [2.75, 3.05) is 47.1 Å². The molecular formula is C32H43N5O4S. The van der Waals surface area contributed by atoms with Crippen LogP contribution in [-0.4, -0.2) is 80.0 Å². The van der Waals surface area contributed by atoms with E-state index in [9.17, 15) is 18.3 Å². The molecule has 42 heavy (non-hydrogen) atoms. The Bertz CT molecular complexity index is 1440. The zero-order valence-corrected chi connectivity index (χ0v) is 25.6. The largest absolute Gasteiger partial charge is 0.390 e. The van der Waals surface area contributed by atoms with Crippen molar-refractivity contribution in [3.05, 3.63) is 48.5 Å². The summed E-state index contributed by atoms with van der Waals surface area (Å²) in [5.41, 5.74) is 3.56. The molecule has 8 rings (SSSR count). The maximum atomic E-state index is 13.7. The van der Waals surface area contributed by atoms with Crippen LogP contribution < -0.4 is 20.0 Å². The number of hydrogen-bond acceptors (Lipinski definition) is 6. The molecule has 7 atom stereocenters. The fourth-order valence-corrected chi connectivity index (χ4v) is 10.7. The van der Waals surface area contributed by atoms with E-state index in [2.05, 4.69) is 45.4 Å². The van der Waals surface area contributed by atoms with Gasteiger partial charge in [0.05, 0.1) is 23.2 Å². The Hall–Kier alpha value is -2.82. The number of rotatable bonds is 4. The summed E-state index contributed by atoms with van der Waals surface area (Å²) in [6.45, 7) is 6.51. The van der Waals surface area contributed by atoms with E-state index in [1.807, 2.05) is 36.9 Å². The highest BCUT2D eigenvalue weighted by Gasteiger charge is 2.55. The summed E-state index contributed by atoms with van der Waals surface area (Å²) in [7, 11) is -3.25. The molecule has 4 saturated carbocycles. The van der Waals surface area contributed by atoms with Crippen LogP contribution in [0.25, 0.3) is 0 Å². The summed E-state index contributed by atoms with van der Waals surface area (Å²) in [4.78, 5) is 20.1. The fourth-order valence-electron chi connectivity index (χ4n) is 9.29. The monoisotopic (exact) mass is 593 g/mol. The molecule has 1 saturated heterocycles. The minimum atomic E-state index is -3.25. The number of carbonyl (C=O) groups excluding carboxylic acids is 1. The van der Waals surface area contributed by atoms with Gasteiger partial charge in [-0.1, -0.05) is 12.1 Å². The molecule has 3 unspecified atom stereocenters. The van der Waals surface area contributed by atoms with Crippen molar-refractivity contribution in [2.45, 2.75) is 69.7 Å². The Morgan fingerprint density at radius 1 is 0.881 bits per heavy atom. The first-order valence-corrected chi connectivity index (χ1v) is 17.3. The summed E-state index contributed by atoms with van der Waals surface area (Å²) in [5.74, 6) is 1.36. The number of piperazine rings is 1. The smallest absolute Gasteiger partial charge is 0.322 e. The Kier molecular flexibility index (Phi) is 6.75. The van der Waals surface area contributed by atoms with Crippen LogP contribution >= 0.6 is 0 Å². The van der Waals surface area contributed by atoms with E-state index in [0.29, 0.717) is 43.9 Å². The Balaban J connectivity index is 1.06. The number of carbonyl (C=O) groups is 1. The molecule has 2 aromatic rings. The van der Waals surface area contributed by atoms with Crippen molar-refractivity contribution in [3.63, 3.8) is 0 Å². The van der Waals surface area contributed by atoms with Crippen molar-refractivity contribution in [1.29, 1.82) is 0 Å². The van der Waals surface area contributed by atoms with Crippen LogP contribution in [0.5, 0.6) is 0 Å². The normalized spacial score (nSPS) is 34.4. The predicted octanol–water partition coefficient (Wildman–Crippen LogP) is 4.15. The lowest BCUT2D eigenvalue weighted by atomic mass is 9.52. The molecule has 0 radical (unpaired) electrons. The Morgan fingerprint density at radius 2 is 1.48 bits per heavy atom. The number of anilines is 4. The van der Waals surface area contributed by atoms with Crippen LogP contribution in [-0.2, 0) is 10.0 Å². The van der Waals surface area contributed by atoms with Crippen LogP contribution in [0.15, 0.2) is 48.5 Å². The lowest BCUT2D eigenvalue weighted by Crippen LogP contribution is -2.63. The number of benzene rings is 2. The van der Waals surface area contributed by atoms with Crippen molar-refractivity contribution in [2.24, 2.45) is 17.8 Å². The first-order valence-electron chi connectivity index (χ1n) is 15.5. The molecule has 226 valence electrons. The fraction of sp³-hybridized carbons (Fsp3) is 0.594. The Morgan fingerprint density at radius 3 is 2.07 bits per heavy atom. The summed E-state index contributed by atoms with van der Waals surface area (Å²) >= 11 is 0. The van der Waals surface area contributed by atoms with Gasteiger partial charge >= 0.3 is 6.03 Å². The number of sulfonamides is 1. The molecule has 9 nitrogen and oxygen atoms in total. The van der Waals surface area contributed by atoms with Gasteiger partial charge in [-0.3, -0.25) is 4.90 Å². The number of para-hydroxylation sites is 2. The van der Waals surface area contributed by atoms with E-state index in [4.69, 9.17) is 0 Å². The van der Waals surface area contributed by atoms with Gasteiger partial charge in [0, 0.05) is 55.7 Å². The number of fused-ring (bicyclic) bond motifs is 1. The molecule has 2 aromatic carbocycles. The topological polar surface area (TPSA) is 96.4 Å². The van der Waals surface area contributed by atoms with E-state index < -0.39 is 15.6 Å². The maximum Gasteiger partial charge on any atom is 0.322 e. The van der Waals surface area contributed by atoms with Crippen molar-refractivity contribution in [1.82, 2.24) is 9.62 Å². The van der Waals surface area contributed by atoms with Gasteiger partial charge in [-0.2, -0.15) is 4.31 Å². The first-order chi connectivity index (χ1) is 20.0. The Labute approximate surface area is 249 Å². The van der Waals surface area contributed by atoms with E-state index in [-0.39, 0.29) is 24.2 Å². The van der Waals surface area contributed by atoms with E-state index >= 15 is 0 Å². The van der Waals surface area contributed by atoms with Gasteiger partial charge in [-0.15, -0.1) is 0 Å². The van der Waals surface area contributed by atoms with Gasteiger partial charge in [0.25, 0.3) is 0 Å². The van der Waals surface area contributed by atoms with Crippen LogP contribution in [0.4, 0.5) is 27.5 Å². The zero-order valence-electron chi connectivity index (χ0n) is 24.8. The molecule has 0 spiro atoms. The van der Waals surface area contributed by atoms with E-state index in [0.717, 1.165) is 54.9 Å². The minimum absolute atomic E-state index is 0.0293. The number of aliphatic hydroxyl groups is 1. The highest BCUT2D eigenvalue weighted by atomic mass is 32.2. The average molecular weight is 594 g/mol. The van der Waals surface area contributed by atoms with Crippen molar-refractivity contribution in [3.8, 4) is 0 Å². The van der Waals surface area contributed by atoms with Gasteiger partial charge in [-0.25, -0.2) is 13.2 Å². The van der Waals surface area contributed by atoms with Gasteiger partial charge in [-0.05, 0) is 100 Å². The van der Waals surface area contributed by atoms with Crippen LogP contribution in [0.1, 0.15) is 46.0 Å². The highest BCUT2D eigenvalue weighted by Crippen LogP contribution is 2.55. The first kappa shape index (κ1) is 28.0. The number of nitrogens with one attached hydrogen (secondary N) is 1. The summed E-state index contributed by atoms with van der Waals surface area (Å²) < 4.78 is 26.2. The van der Waals surface area contributed by atoms with E-state index in [1.54, 1.807) is 4.31 Å². The van der Waals surface area contributed by atoms with Gasteiger partial charge < -0.3 is 20.2 Å². The molecular weight excluding hydrogens is 550 g/mol. The second kappa shape index (κ2) is 10.1. The lowest BCUT2D eigenvalue weighted by molar-refractivity contribution is -0.136. The third-order valence-corrected chi connectivity index (χ3v) is 12.0. The molecule has 2 N–H and O–H groups in total. The third-order valence-electron chi connectivity index (χ3n) is 10.5. The van der Waals surface area contributed by atoms with Crippen molar-refractivity contribution >= 4 is 38.8 Å². The maximum absolute atomic E-state index is 13.7. The molecule has 5 fully saturated rings.